The number of carbonyl (C=O) groups excluding carboxylic acids is 4. The highest BCUT2D eigenvalue weighted by Gasteiger charge is 2.58. The summed E-state index contributed by atoms with van der Waals surface area (Å²) in [5.74, 6) is -7.56. The van der Waals surface area contributed by atoms with Gasteiger partial charge in [0.25, 0.3) is 5.91 Å². The lowest BCUT2D eigenvalue weighted by molar-refractivity contribution is -0.148. The highest BCUT2D eigenvalue weighted by molar-refractivity contribution is 14.1. The van der Waals surface area contributed by atoms with Crippen LogP contribution in [0.2, 0.25) is 0 Å². The zero-order chi connectivity index (χ0) is 53.4. The van der Waals surface area contributed by atoms with Gasteiger partial charge in [-0.3, -0.25) is 24.0 Å². The van der Waals surface area contributed by atoms with Crippen molar-refractivity contribution < 1.29 is 61.0 Å². The predicted octanol–water partition coefficient (Wildman–Crippen LogP) is 6.42. The van der Waals surface area contributed by atoms with Crippen molar-refractivity contribution in [3.63, 3.8) is 0 Å². The second kappa shape index (κ2) is 27.8. The smallest absolute Gasteiger partial charge is 0.277 e. The van der Waals surface area contributed by atoms with Crippen molar-refractivity contribution in [1.82, 2.24) is 31.2 Å². The highest BCUT2D eigenvalue weighted by atomic mass is 127. The van der Waals surface area contributed by atoms with Crippen LogP contribution in [0.5, 0.6) is 0 Å². The Balaban J connectivity index is 0.885. The van der Waals surface area contributed by atoms with Gasteiger partial charge in [0.2, 0.25) is 17.7 Å². The van der Waals surface area contributed by atoms with Gasteiger partial charge in [0.05, 0.1) is 91.1 Å². The molecule has 2 aromatic heterocycles. The van der Waals surface area contributed by atoms with Crippen LogP contribution in [0.4, 0.5) is 24.5 Å². The fourth-order valence-corrected chi connectivity index (χ4v) is 10.00. The molecule has 5 aromatic rings. The minimum atomic E-state index is -1.78. The van der Waals surface area contributed by atoms with E-state index in [4.69, 9.17) is 29.3 Å². The van der Waals surface area contributed by atoms with Gasteiger partial charge in [0.1, 0.15) is 23.0 Å². The number of β-amino-alcohol motifs (C(OH)–C–C–N with tert-alkyl or cyclic N) is 1. The summed E-state index contributed by atoms with van der Waals surface area (Å²) < 4.78 is 66.1. The number of primary amides is 1. The van der Waals surface area contributed by atoms with Gasteiger partial charge in [-0.25, -0.2) is 23.6 Å². The summed E-state index contributed by atoms with van der Waals surface area (Å²) in [6, 6.07) is 15.1. The summed E-state index contributed by atoms with van der Waals surface area (Å²) in [5.41, 5.74) is 10.5. The van der Waals surface area contributed by atoms with Gasteiger partial charge < -0.3 is 50.4 Å². The number of aliphatic hydroxyl groups is 1. The van der Waals surface area contributed by atoms with Crippen molar-refractivity contribution in [1.29, 1.82) is 0 Å². The zero-order valence-corrected chi connectivity index (χ0v) is 44.5. The van der Waals surface area contributed by atoms with Crippen LogP contribution in [-0.2, 0) is 33.4 Å². The number of benzene rings is 3. The molecular weight excluding hydrogens is 1100 g/mol. The Kier molecular flexibility index (Phi) is 21.7. The van der Waals surface area contributed by atoms with Crippen LogP contribution in [0.3, 0.4) is 0 Å². The Morgan fingerprint density at radius 3 is 2.26 bits per heavy atom. The second-order valence-corrected chi connectivity index (χ2v) is 20.0. The maximum atomic E-state index is 14.7. The number of hydroxylamine groups is 1. The number of likely N-dealkylation sites (tertiary alicyclic amines) is 1. The number of aromatic nitrogens is 2. The fourth-order valence-electron chi connectivity index (χ4n) is 8.73. The van der Waals surface area contributed by atoms with Crippen molar-refractivity contribution >= 4 is 68.9 Å². The summed E-state index contributed by atoms with van der Waals surface area (Å²) in [7, 11) is 0. The molecule has 7 N–H and O–H groups in total. The first kappa shape index (κ1) is 57.7. The molecule has 18 nitrogen and oxygen atoms in total. The third-order valence-corrected chi connectivity index (χ3v) is 14.0. The average molecular weight is 1160 g/mol. The van der Waals surface area contributed by atoms with Crippen LogP contribution in [0, 0.1) is 40.8 Å². The molecule has 0 spiro atoms. The Morgan fingerprint density at radius 1 is 0.919 bits per heavy atom. The van der Waals surface area contributed by atoms with Gasteiger partial charge in [0, 0.05) is 48.0 Å². The molecular formula is C51H62F3IN8O10S. The molecule has 3 heterocycles. The van der Waals surface area contributed by atoms with E-state index >= 15 is 0 Å². The number of ether oxygens (including phenoxy) is 3. The van der Waals surface area contributed by atoms with E-state index in [1.165, 1.54) is 28.4 Å². The van der Waals surface area contributed by atoms with Crippen LogP contribution in [0.1, 0.15) is 78.0 Å². The van der Waals surface area contributed by atoms with E-state index in [1.54, 1.807) is 24.6 Å². The molecule has 74 heavy (non-hydrogen) atoms. The zero-order valence-electron chi connectivity index (χ0n) is 41.5. The van der Waals surface area contributed by atoms with Gasteiger partial charge in [-0.2, -0.15) is 0 Å². The van der Waals surface area contributed by atoms with Crippen LogP contribution in [0.25, 0.3) is 10.4 Å². The maximum absolute atomic E-state index is 14.7. The monoisotopic (exact) mass is 1160 g/mol. The lowest BCUT2D eigenvalue weighted by atomic mass is 9.73. The van der Waals surface area contributed by atoms with Crippen LogP contribution < -0.4 is 27.2 Å². The van der Waals surface area contributed by atoms with Crippen LogP contribution in [0.15, 0.2) is 70.7 Å². The lowest BCUT2D eigenvalue weighted by Crippen LogP contribution is -2.61. The lowest BCUT2D eigenvalue weighted by Gasteiger charge is -2.43. The maximum Gasteiger partial charge on any atom is 0.277 e. The molecule has 0 saturated carbocycles. The van der Waals surface area contributed by atoms with Crippen molar-refractivity contribution in [2.24, 2.45) is 11.7 Å². The number of aryl methyl sites for hydroxylation is 2. The summed E-state index contributed by atoms with van der Waals surface area (Å²) in [6.45, 7) is 10.3. The number of nitrogens with one attached hydrogen (secondary N) is 4. The first-order valence-corrected chi connectivity index (χ1v) is 26.0. The second-order valence-electron chi connectivity index (χ2n) is 17.9. The molecule has 0 radical (unpaired) electrons. The van der Waals surface area contributed by atoms with E-state index in [0.29, 0.717) is 59.9 Å². The standard InChI is InChI=1S/C51H62F3IN8O10S/c1-30(2)44(42-24-31(3)61-73-42)49(67)63-28-36(64)27-51(63,50(56)68)38(33-6-8-34(9-7-33)47-32(4)59-29-74-47)26-43(65)58-16-19-70-21-23-71-22-20-69-18-15-57-14-5-17-72-62-48(66)37-11-12-39(52)45(54)46(37)60-41-13-10-35(55)25-40(41)53/h6-13,24-25,29-30,36,38,44,57,60,64H,5,14-23,26-28H2,1-4H3,(H2,56,68)(H,58,65)(H,62,66)/t36?,38-,44+,51?/m0/s1. The summed E-state index contributed by atoms with van der Waals surface area (Å²) in [4.78, 5) is 66.9. The number of halogens is 4. The van der Waals surface area contributed by atoms with Crippen molar-refractivity contribution in [2.45, 2.75) is 70.4 Å². The van der Waals surface area contributed by atoms with Crippen LogP contribution >= 0.6 is 33.9 Å². The SMILES string of the molecule is Cc1cc([C@H](C(=O)N2CC(O)CC2(C(N)=O)[C@@H](CC(=O)NCCOCCOCCOCCNCCCONC(=O)c2ccc(F)c(F)c2Nc2ccc(I)cc2F)c2ccc(-c3scnc3C)cc2)C(C)C)on1. The first-order valence-electron chi connectivity index (χ1n) is 24.1. The molecule has 1 aliphatic rings. The molecule has 400 valence electrons. The number of amides is 4. The van der Waals surface area contributed by atoms with Crippen LogP contribution in [-0.4, -0.2) is 128 Å². The molecule has 4 atom stereocenters. The molecule has 6 rings (SSSR count). The molecule has 2 unspecified atom stereocenters. The van der Waals surface area contributed by atoms with E-state index in [1.807, 2.05) is 67.6 Å². The Morgan fingerprint density at radius 2 is 1.62 bits per heavy atom. The topological polar surface area (TPSA) is 242 Å². The molecule has 1 saturated heterocycles. The van der Waals surface area contributed by atoms with E-state index in [-0.39, 0.29) is 69.5 Å². The van der Waals surface area contributed by atoms with Gasteiger partial charge in [-0.05, 0) is 96.8 Å². The van der Waals surface area contributed by atoms with Gasteiger partial charge in [0.15, 0.2) is 11.6 Å². The molecule has 4 amide bonds. The van der Waals surface area contributed by atoms with E-state index in [0.717, 1.165) is 28.3 Å². The van der Waals surface area contributed by atoms with Crippen molar-refractivity contribution in [3.05, 3.63) is 115 Å². The number of anilines is 2. The Labute approximate surface area is 444 Å². The number of carbonyl (C=O) groups is 4. The quantitative estimate of drug-likeness (QED) is 0.0172. The van der Waals surface area contributed by atoms with E-state index < -0.39 is 70.2 Å². The molecule has 23 heteroatoms. The third kappa shape index (κ3) is 15.1. The van der Waals surface area contributed by atoms with Gasteiger partial charge in [-0.1, -0.05) is 43.3 Å². The van der Waals surface area contributed by atoms with E-state index in [2.05, 4.69) is 31.6 Å². The number of hydrogen-bond donors (Lipinski definition) is 6. The van der Waals surface area contributed by atoms with Crippen molar-refractivity contribution in [3.8, 4) is 10.4 Å². The molecule has 0 bridgehead atoms. The summed E-state index contributed by atoms with van der Waals surface area (Å²) >= 11 is 3.40. The predicted molar refractivity (Wildman–Crippen MR) is 278 cm³/mol. The normalized spacial score (nSPS) is 16.4. The third-order valence-electron chi connectivity index (χ3n) is 12.3. The minimum Gasteiger partial charge on any atom is -0.391 e. The van der Waals surface area contributed by atoms with Gasteiger partial charge in [-0.15, -0.1) is 11.3 Å². The molecule has 1 aliphatic heterocycles. The minimum absolute atomic E-state index is 0.113. The van der Waals surface area contributed by atoms with E-state index in [9.17, 15) is 37.5 Å². The number of rotatable bonds is 29. The van der Waals surface area contributed by atoms with Crippen molar-refractivity contribution in [2.75, 3.05) is 77.7 Å². The summed E-state index contributed by atoms with van der Waals surface area (Å²) in [5, 5.41) is 23.7. The Hall–Kier alpha value is -5.54. The highest BCUT2D eigenvalue weighted by Crippen LogP contribution is 2.46. The molecule has 3 aromatic carbocycles. The average Bonchev–Trinajstić information content (AvgIpc) is 4.10. The Bertz CT molecular complexity index is 2680. The largest absolute Gasteiger partial charge is 0.391 e. The first-order chi connectivity index (χ1) is 35.5. The number of nitrogens with two attached hydrogens (primary N) is 1. The molecule has 0 aliphatic carbocycles. The number of aliphatic hydroxyl groups excluding tert-OH is 1. The number of thiazole rings is 1. The fraction of sp³-hybridized carbons (Fsp3) is 0.451. The molecule has 1 fully saturated rings. The number of hydrogen-bond acceptors (Lipinski definition) is 15. The number of nitrogens with zero attached hydrogens (tertiary/aromatic N) is 3. The summed E-state index contributed by atoms with van der Waals surface area (Å²) in [6.07, 6.45) is -1.01. The van der Waals surface area contributed by atoms with Gasteiger partial charge >= 0.3 is 0 Å².